The van der Waals surface area contributed by atoms with E-state index < -0.39 is 11.1 Å². The molecule has 1 N–H and O–H groups in total. The summed E-state index contributed by atoms with van der Waals surface area (Å²) >= 11 is 4.44. The molecule has 1 aromatic heterocycles. The van der Waals surface area contributed by atoms with Crippen molar-refractivity contribution in [2.45, 2.75) is 30.8 Å². The maximum absolute atomic E-state index is 13.8. The Morgan fingerprint density at radius 1 is 1.57 bits per heavy atom. The van der Waals surface area contributed by atoms with Gasteiger partial charge in [-0.1, -0.05) is 33.8 Å². The van der Waals surface area contributed by atoms with Crippen LogP contribution in [-0.2, 0) is 11.3 Å². The van der Waals surface area contributed by atoms with Crippen LogP contribution < -0.4 is 5.32 Å². The number of nitrogens with zero attached hydrogens (tertiary/aromatic N) is 3. The summed E-state index contributed by atoms with van der Waals surface area (Å²) in [5.74, 6) is -0.0448. The first kappa shape index (κ1) is 17.7. The number of amides is 1. The molecule has 0 saturated carbocycles. The van der Waals surface area contributed by atoms with E-state index in [1.54, 1.807) is 19.1 Å². The molecule has 5 nitrogen and oxygen atoms in total. The number of halogens is 2. The summed E-state index contributed by atoms with van der Waals surface area (Å²) < 4.78 is 16.3. The van der Waals surface area contributed by atoms with Gasteiger partial charge in [0.25, 0.3) is 0 Å². The Kier molecular flexibility index (Phi) is 5.95. The van der Waals surface area contributed by atoms with Gasteiger partial charge in [0.15, 0.2) is 5.16 Å². The van der Waals surface area contributed by atoms with Crippen molar-refractivity contribution < 1.29 is 9.18 Å². The van der Waals surface area contributed by atoms with Gasteiger partial charge in [-0.3, -0.25) is 4.79 Å². The number of thioether (sulfide) groups is 1. The number of anilines is 1. The second kappa shape index (κ2) is 7.74. The lowest BCUT2D eigenvalue weighted by atomic mass is 10.3. The predicted molar refractivity (Wildman–Crippen MR) is 93.0 cm³/mol. The lowest BCUT2D eigenvalue weighted by molar-refractivity contribution is -0.115. The Morgan fingerprint density at radius 3 is 2.96 bits per heavy atom. The fourth-order valence-corrected chi connectivity index (χ4v) is 3.06. The van der Waals surface area contributed by atoms with Crippen molar-refractivity contribution >= 4 is 39.3 Å². The molecule has 1 atom stereocenters. The Bertz CT molecular complexity index is 734. The number of hydrogen-bond acceptors (Lipinski definition) is 4. The third kappa shape index (κ3) is 4.42. The summed E-state index contributed by atoms with van der Waals surface area (Å²) in [6.45, 7) is 7.83. The van der Waals surface area contributed by atoms with Gasteiger partial charge in [-0.05, 0) is 32.0 Å². The second-order valence-corrected chi connectivity index (χ2v) is 7.03. The van der Waals surface area contributed by atoms with Gasteiger partial charge in [-0.2, -0.15) is 0 Å². The van der Waals surface area contributed by atoms with E-state index in [1.165, 1.54) is 23.9 Å². The zero-order valence-corrected chi connectivity index (χ0v) is 15.1. The number of aromatic nitrogens is 3. The highest BCUT2D eigenvalue weighted by molar-refractivity contribution is 9.10. The van der Waals surface area contributed by atoms with E-state index in [9.17, 15) is 9.18 Å². The fraction of sp³-hybridized carbons (Fsp3) is 0.267. The number of rotatable bonds is 6. The smallest absolute Gasteiger partial charge is 0.237 e. The summed E-state index contributed by atoms with van der Waals surface area (Å²) in [5.41, 5.74) is 0.148. The highest BCUT2D eigenvalue weighted by Crippen LogP contribution is 2.25. The molecule has 0 unspecified atom stereocenters. The van der Waals surface area contributed by atoms with Gasteiger partial charge in [-0.15, -0.1) is 16.8 Å². The summed E-state index contributed by atoms with van der Waals surface area (Å²) in [7, 11) is 0. The molecule has 1 aromatic carbocycles. The van der Waals surface area contributed by atoms with Crippen LogP contribution in [0.5, 0.6) is 0 Å². The van der Waals surface area contributed by atoms with Gasteiger partial charge < -0.3 is 9.88 Å². The Morgan fingerprint density at radius 2 is 2.30 bits per heavy atom. The number of aryl methyl sites for hydroxylation is 1. The third-order valence-electron chi connectivity index (χ3n) is 3.05. The van der Waals surface area contributed by atoms with Crippen molar-refractivity contribution in [2.75, 3.05) is 5.32 Å². The first-order chi connectivity index (χ1) is 10.9. The fourth-order valence-electron chi connectivity index (χ4n) is 1.82. The molecule has 122 valence electrons. The van der Waals surface area contributed by atoms with Crippen LogP contribution in [0.4, 0.5) is 10.1 Å². The summed E-state index contributed by atoms with van der Waals surface area (Å²) in [6, 6.07) is 4.48. The highest BCUT2D eigenvalue weighted by Gasteiger charge is 2.20. The molecule has 0 radical (unpaired) electrons. The van der Waals surface area contributed by atoms with Gasteiger partial charge in [-0.25, -0.2) is 4.39 Å². The zero-order valence-electron chi connectivity index (χ0n) is 12.7. The molecule has 0 aliphatic rings. The number of carbonyl (C=O) groups excluding carboxylic acids is 1. The van der Waals surface area contributed by atoms with Crippen molar-refractivity contribution in [3.05, 3.63) is 47.0 Å². The Balaban J connectivity index is 2.07. The number of nitrogens with one attached hydrogen (secondary N) is 1. The molecule has 2 aromatic rings. The molecule has 0 fully saturated rings. The molecule has 23 heavy (non-hydrogen) atoms. The van der Waals surface area contributed by atoms with Crippen molar-refractivity contribution in [1.29, 1.82) is 0 Å². The van der Waals surface area contributed by atoms with E-state index in [1.807, 2.05) is 11.5 Å². The lowest BCUT2D eigenvalue weighted by Gasteiger charge is -2.13. The van der Waals surface area contributed by atoms with Crippen LogP contribution in [0.3, 0.4) is 0 Å². The van der Waals surface area contributed by atoms with Gasteiger partial charge >= 0.3 is 0 Å². The van der Waals surface area contributed by atoms with Gasteiger partial charge in [0, 0.05) is 11.0 Å². The topological polar surface area (TPSA) is 59.8 Å². The van der Waals surface area contributed by atoms with Crippen LogP contribution >= 0.6 is 27.7 Å². The molecule has 0 bridgehead atoms. The molecule has 0 aliphatic carbocycles. The average Bonchev–Trinajstić information content (AvgIpc) is 2.83. The summed E-state index contributed by atoms with van der Waals surface area (Å²) in [4.78, 5) is 12.2. The summed E-state index contributed by atoms with van der Waals surface area (Å²) in [6.07, 6.45) is 1.74. The number of allylic oxidation sites excluding steroid dienone is 1. The minimum Gasteiger partial charge on any atom is -0.323 e. The van der Waals surface area contributed by atoms with E-state index in [2.05, 4.69) is 38.0 Å². The third-order valence-corrected chi connectivity index (χ3v) is 4.63. The van der Waals surface area contributed by atoms with Crippen molar-refractivity contribution in [3.8, 4) is 0 Å². The van der Waals surface area contributed by atoms with Crippen LogP contribution in [0, 0.1) is 12.7 Å². The van der Waals surface area contributed by atoms with Gasteiger partial charge in [0.05, 0.1) is 10.9 Å². The molecular formula is C15H16BrFN4OS. The monoisotopic (exact) mass is 398 g/mol. The van der Waals surface area contributed by atoms with Crippen molar-refractivity contribution in [2.24, 2.45) is 0 Å². The highest BCUT2D eigenvalue weighted by atomic mass is 79.9. The molecule has 1 heterocycles. The van der Waals surface area contributed by atoms with Crippen LogP contribution in [-0.4, -0.2) is 25.9 Å². The largest absolute Gasteiger partial charge is 0.323 e. The number of carbonyl (C=O) groups is 1. The normalized spacial score (nSPS) is 12.0. The molecule has 0 aliphatic heterocycles. The van der Waals surface area contributed by atoms with Gasteiger partial charge in [0.1, 0.15) is 11.6 Å². The average molecular weight is 399 g/mol. The minimum atomic E-state index is -0.490. The number of hydrogen-bond donors (Lipinski definition) is 1. The maximum Gasteiger partial charge on any atom is 0.237 e. The van der Waals surface area contributed by atoms with Crippen LogP contribution in [0.2, 0.25) is 0 Å². The van der Waals surface area contributed by atoms with Crippen molar-refractivity contribution in [1.82, 2.24) is 14.8 Å². The van der Waals surface area contributed by atoms with E-state index in [0.717, 1.165) is 5.82 Å². The van der Waals surface area contributed by atoms with E-state index in [-0.39, 0.29) is 11.6 Å². The zero-order chi connectivity index (χ0) is 17.0. The number of benzene rings is 1. The molecule has 0 saturated heterocycles. The van der Waals surface area contributed by atoms with Crippen molar-refractivity contribution in [3.63, 3.8) is 0 Å². The maximum atomic E-state index is 13.8. The molecule has 0 spiro atoms. The molecule has 1 amide bonds. The van der Waals surface area contributed by atoms with Gasteiger partial charge in [0.2, 0.25) is 5.91 Å². The molecule has 2 rings (SSSR count). The standard InChI is InChI=1S/C15H16BrFN4OS/c1-4-7-21-10(3)19-20-15(21)23-9(2)14(22)18-13-6-5-11(16)8-12(13)17/h4-6,8-9H,1,7H2,2-3H3,(H,18,22)/t9-/m1/s1. The first-order valence-electron chi connectivity index (χ1n) is 6.85. The predicted octanol–water partition coefficient (Wildman–Crippen LogP) is 3.79. The molecular weight excluding hydrogens is 383 g/mol. The Hall–Kier alpha value is -1.67. The first-order valence-corrected chi connectivity index (χ1v) is 8.53. The Labute approximate surface area is 146 Å². The van der Waals surface area contributed by atoms with Crippen LogP contribution in [0.15, 0.2) is 40.5 Å². The van der Waals surface area contributed by atoms with Crippen LogP contribution in [0.25, 0.3) is 0 Å². The summed E-state index contributed by atoms with van der Waals surface area (Å²) in [5, 5.41) is 10.8. The second-order valence-electron chi connectivity index (χ2n) is 4.80. The van der Waals surface area contributed by atoms with Crippen LogP contribution in [0.1, 0.15) is 12.7 Å². The van der Waals surface area contributed by atoms with E-state index in [0.29, 0.717) is 16.2 Å². The SMILES string of the molecule is C=CCn1c(C)nnc1S[C@H](C)C(=O)Nc1ccc(Br)cc1F. The lowest BCUT2D eigenvalue weighted by Crippen LogP contribution is -2.23. The van der Waals surface area contributed by atoms with E-state index in [4.69, 9.17) is 0 Å². The molecule has 8 heteroatoms. The van der Waals surface area contributed by atoms with E-state index >= 15 is 0 Å². The minimum absolute atomic E-state index is 0.148. The quantitative estimate of drug-likeness (QED) is 0.593.